The molecule has 0 radical (unpaired) electrons. The lowest BCUT2D eigenvalue weighted by atomic mass is 10.1. The minimum Gasteiger partial charge on any atom is -0.494 e. The molecule has 1 fully saturated rings. The highest BCUT2D eigenvalue weighted by Crippen LogP contribution is 2.28. The predicted molar refractivity (Wildman–Crippen MR) is 111 cm³/mol. The highest BCUT2D eigenvalue weighted by molar-refractivity contribution is 6.23. The van der Waals surface area contributed by atoms with Gasteiger partial charge < -0.3 is 9.64 Å². The Morgan fingerprint density at radius 1 is 1.17 bits per heavy atom. The molecule has 2 aromatic carbocycles. The lowest BCUT2D eigenvalue weighted by Gasteiger charge is -2.26. The summed E-state index contributed by atoms with van der Waals surface area (Å²) in [6.07, 6.45) is 1.69. The molecular weight excluding hydrogens is 368 g/mol. The molecule has 150 valence electrons. The van der Waals surface area contributed by atoms with E-state index in [1.807, 2.05) is 37.3 Å². The molecule has 0 aromatic heterocycles. The molecule has 1 atom stereocenters. The Balaban J connectivity index is 1.79. The van der Waals surface area contributed by atoms with Crippen LogP contribution in [-0.2, 0) is 20.8 Å². The van der Waals surface area contributed by atoms with Crippen LogP contribution in [-0.4, -0.2) is 41.8 Å². The summed E-state index contributed by atoms with van der Waals surface area (Å²) in [5, 5.41) is 0. The number of anilines is 1. The molecule has 6 heteroatoms. The van der Waals surface area contributed by atoms with Crippen LogP contribution in [0.4, 0.5) is 5.69 Å². The SMILES string of the molecule is C=CCN(C(=O)Cc1ccccc1)C1CC(=O)N(c2ccc(OCC)cc2)C1=O. The molecule has 0 spiro atoms. The molecule has 0 N–H and O–H groups in total. The first-order valence-electron chi connectivity index (χ1n) is 9.59. The number of hydrogen-bond acceptors (Lipinski definition) is 4. The third kappa shape index (κ3) is 4.54. The van der Waals surface area contributed by atoms with Gasteiger partial charge in [0.15, 0.2) is 0 Å². The molecule has 1 aliphatic heterocycles. The first-order chi connectivity index (χ1) is 14.0. The Kier molecular flexibility index (Phi) is 6.44. The fourth-order valence-electron chi connectivity index (χ4n) is 3.40. The monoisotopic (exact) mass is 392 g/mol. The summed E-state index contributed by atoms with van der Waals surface area (Å²) >= 11 is 0. The topological polar surface area (TPSA) is 66.9 Å². The minimum atomic E-state index is -0.830. The summed E-state index contributed by atoms with van der Waals surface area (Å²) in [6.45, 7) is 6.31. The maximum Gasteiger partial charge on any atom is 0.257 e. The predicted octanol–water partition coefficient (Wildman–Crippen LogP) is 2.97. The highest BCUT2D eigenvalue weighted by atomic mass is 16.5. The van der Waals surface area contributed by atoms with Crippen LogP contribution in [0.25, 0.3) is 0 Å². The van der Waals surface area contributed by atoms with Crippen molar-refractivity contribution in [1.82, 2.24) is 4.90 Å². The molecule has 1 unspecified atom stereocenters. The Bertz CT molecular complexity index is 893. The lowest BCUT2D eigenvalue weighted by Crippen LogP contribution is -2.46. The number of imide groups is 1. The van der Waals surface area contributed by atoms with E-state index in [0.29, 0.717) is 18.0 Å². The van der Waals surface area contributed by atoms with Crippen molar-refractivity contribution in [2.45, 2.75) is 25.8 Å². The van der Waals surface area contributed by atoms with Gasteiger partial charge in [-0.05, 0) is 36.8 Å². The first-order valence-corrected chi connectivity index (χ1v) is 9.59. The van der Waals surface area contributed by atoms with E-state index in [4.69, 9.17) is 4.74 Å². The molecule has 2 aromatic rings. The number of hydrogen-bond donors (Lipinski definition) is 0. The second-order valence-electron chi connectivity index (χ2n) is 6.71. The Hall–Kier alpha value is -3.41. The van der Waals surface area contributed by atoms with E-state index in [9.17, 15) is 14.4 Å². The zero-order valence-corrected chi connectivity index (χ0v) is 16.4. The molecule has 3 rings (SSSR count). The maximum atomic E-state index is 13.0. The number of nitrogens with zero attached hydrogens (tertiary/aromatic N) is 2. The minimum absolute atomic E-state index is 0.0413. The van der Waals surface area contributed by atoms with Crippen molar-refractivity contribution in [3.63, 3.8) is 0 Å². The summed E-state index contributed by atoms with van der Waals surface area (Å²) < 4.78 is 5.40. The smallest absolute Gasteiger partial charge is 0.257 e. The molecule has 1 heterocycles. The van der Waals surface area contributed by atoms with Gasteiger partial charge in [-0.2, -0.15) is 0 Å². The van der Waals surface area contributed by atoms with Gasteiger partial charge in [0.1, 0.15) is 11.8 Å². The molecule has 1 aliphatic rings. The molecule has 6 nitrogen and oxygen atoms in total. The molecule has 29 heavy (non-hydrogen) atoms. The molecular formula is C23H24N2O4. The average molecular weight is 392 g/mol. The van der Waals surface area contributed by atoms with Gasteiger partial charge >= 0.3 is 0 Å². The van der Waals surface area contributed by atoms with E-state index in [1.54, 1.807) is 30.3 Å². The van der Waals surface area contributed by atoms with Gasteiger partial charge in [-0.25, -0.2) is 4.90 Å². The van der Waals surface area contributed by atoms with Gasteiger partial charge in [-0.3, -0.25) is 14.4 Å². The number of ether oxygens (including phenoxy) is 1. The summed E-state index contributed by atoms with van der Waals surface area (Å²) in [6, 6.07) is 15.3. The number of rotatable bonds is 8. The largest absolute Gasteiger partial charge is 0.494 e. The summed E-state index contributed by atoms with van der Waals surface area (Å²) in [5.41, 5.74) is 1.33. The van der Waals surface area contributed by atoms with E-state index in [2.05, 4.69) is 6.58 Å². The van der Waals surface area contributed by atoms with Crippen LogP contribution in [0.3, 0.4) is 0 Å². The maximum absolute atomic E-state index is 13.0. The highest BCUT2D eigenvalue weighted by Gasteiger charge is 2.43. The fraction of sp³-hybridized carbons (Fsp3) is 0.261. The Morgan fingerprint density at radius 2 is 1.86 bits per heavy atom. The van der Waals surface area contributed by atoms with Crippen LogP contribution < -0.4 is 9.64 Å². The number of carbonyl (C=O) groups is 3. The lowest BCUT2D eigenvalue weighted by molar-refractivity contribution is -0.137. The van der Waals surface area contributed by atoms with Crippen molar-refractivity contribution < 1.29 is 19.1 Å². The third-order valence-electron chi connectivity index (χ3n) is 4.75. The first kappa shape index (κ1) is 20.3. The van der Waals surface area contributed by atoms with Gasteiger partial charge in [-0.15, -0.1) is 6.58 Å². The van der Waals surface area contributed by atoms with Crippen LogP contribution in [0.1, 0.15) is 18.9 Å². The zero-order valence-electron chi connectivity index (χ0n) is 16.4. The van der Waals surface area contributed by atoms with Gasteiger partial charge in [0.25, 0.3) is 5.91 Å². The van der Waals surface area contributed by atoms with E-state index >= 15 is 0 Å². The Morgan fingerprint density at radius 3 is 2.48 bits per heavy atom. The standard InChI is InChI=1S/C23H24N2O4/c1-3-14-24(21(26)15-17-8-6-5-7-9-17)20-16-22(27)25(23(20)28)18-10-12-19(13-11-18)29-4-2/h3,5-13,20H,1,4,14-16H2,2H3. The van der Waals surface area contributed by atoms with Crippen molar-refractivity contribution in [1.29, 1.82) is 0 Å². The molecule has 0 bridgehead atoms. The Labute approximate surface area is 170 Å². The van der Waals surface area contributed by atoms with E-state index in [1.165, 1.54) is 4.90 Å². The second kappa shape index (κ2) is 9.19. The van der Waals surface area contributed by atoms with Crippen LogP contribution in [0, 0.1) is 0 Å². The summed E-state index contributed by atoms with van der Waals surface area (Å²) in [5.74, 6) is -0.276. The van der Waals surface area contributed by atoms with Crippen molar-refractivity contribution >= 4 is 23.4 Å². The van der Waals surface area contributed by atoms with Gasteiger partial charge in [0.05, 0.1) is 25.1 Å². The normalized spacial score (nSPS) is 16.0. The van der Waals surface area contributed by atoms with E-state index in [-0.39, 0.29) is 31.2 Å². The number of carbonyl (C=O) groups excluding carboxylic acids is 3. The van der Waals surface area contributed by atoms with Gasteiger partial charge in [0, 0.05) is 6.54 Å². The number of benzene rings is 2. The zero-order chi connectivity index (χ0) is 20.8. The van der Waals surface area contributed by atoms with E-state index < -0.39 is 11.9 Å². The number of amides is 3. The molecule has 0 saturated carbocycles. The summed E-state index contributed by atoms with van der Waals surface area (Å²) in [4.78, 5) is 41.1. The molecule has 1 saturated heterocycles. The average Bonchev–Trinajstić information content (AvgIpc) is 3.01. The van der Waals surface area contributed by atoms with Gasteiger partial charge in [0.2, 0.25) is 11.8 Å². The van der Waals surface area contributed by atoms with Crippen LogP contribution in [0.2, 0.25) is 0 Å². The van der Waals surface area contributed by atoms with Crippen LogP contribution in [0.15, 0.2) is 67.3 Å². The van der Waals surface area contributed by atoms with Crippen molar-refractivity contribution in [2.24, 2.45) is 0 Å². The second-order valence-corrected chi connectivity index (χ2v) is 6.71. The van der Waals surface area contributed by atoms with Crippen molar-refractivity contribution in [3.8, 4) is 5.75 Å². The van der Waals surface area contributed by atoms with Crippen molar-refractivity contribution in [2.75, 3.05) is 18.1 Å². The third-order valence-corrected chi connectivity index (χ3v) is 4.75. The van der Waals surface area contributed by atoms with Crippen LogP contribution >= 0.6 is 0 Å². The van der Waals surface area contributed by atoms with Crippen molar-refractivity contribution in [3.05, 3.63) is 72.8 Å². The van der Waals surface area contributed by atoms with E-state index in [0.717, 1.165) is 10.5 Å². The quantitative estimate of drug-likeness (QED) is 0.512. The van der Waals surface area contributed by atoms with Gasteiger partial charge in [-0.1, -0.05) is 36.4 Å². The summed E-state index contributed by atoms with van der Waals surface area (Å²) in [7, 11) is 0. The fourth-order valence-corrected chi connectivity index (χ4v) is 3.40. The molecule has 0 aliphatic carbocycles. The molecule has 3 amide bonds. The van der Waals surface area contributed by atoms with Crippen LogP contribution in [0.5, 0.6) is 5.75 Å².